The van der Waals surface area contributed by atoms with E-state index in [1.807, 2.05) is 67.6 Å². The molecule has 0 aliphatic carbocycles. The molecule has 3 aromatic carbocycles. The standard InChI is InChI=1S/C26H23N5O2/c1-3-31-22-11-7-6-10-21(22)28-23(31)16-27-24(32)18-12-14-19(15-13-18)25-29-30-26(33-25)20-9-5-4-8-17(20)2/h4-15H,3,16H2,1-2H3,(H,27,32). The predicted molar refractivity (Wildman–Crippen MR) is 126 cm³/mol. The summed E-state index contributed by atoms with van der Waals surface area (Å²) in [6, 6.07) is 23.0. The van der Waals surface area contributed by atoms with Crippen molar-refractivity contribution in [3.63, 3.8) is 0 Å². The number of carbonyl (C=O) groups excluding carboxylic acids is 1. The van der Waals surface area contributed by atoms with Gasteiger partial charge in [0.15, 0.2) is 0 Å². The molecule has 33 heavy (non-hydrogen) atoms. The van der Waals surface area contributed by atoms with Crippen LogP contribution in [0.3, 0.4) is 0 Å². The van der Waals surface area contributed by atoms with Crippen molar-refractivity contribution >= 4 is 16.9 Å². The quantitative estimate of drug-likeness (QED) is 0.403. The van der Waals surface area contributed by atoms with Crippen LogP contribution in [0.2, 0.25) is 0 Å². The van der Waals surface area contributed by atoms with Crippen molar-refractivity contribution in [2.24, 2.45) is 0 Å². The molecule has 0 aliphatic heterocycles. The van der Waals surface area contributed by atoms with E-state index in [9.17, 15) is 4.79 Å². The second-order valence-electron chi connectivity index (χ2n) is 7.75. The maximum atomic E-state index is 12.7. The van der Waals surface area contributed by atoms with Gasteiger partial charge in [0.2, 0.25) is 11.8 Å². The maximum absolute atomic E-state index is 12.7. The van der Waals surface area contributed by atoms with Crippen LogP contribution in [0, 0.1) is 6.92 Å². The van der Waals surface area contributed by atoms with E-state index in [2.05, 4.69) is 32.0 Å². The van der Waals surface area contributed by atoms with Crippen LogP contribution >= 0.6 is 0 Å². The summed E-state index contributed by atoms with van der Waals surface area (Å²) >= 11 is 0. The van der Waals surface area contributed by atoms with Gasteiger partial charge >= 0.3 is 0 Å². The molecule has 5 aromatic rings. The first-order valence-electron chi connectivity index (χ1n) is 10.9. The Morgan fingerprint density at radius 3 is 2.45 bits per heavy atom. The zero-order valence-electron chi connectivity index (χ0n) is 18.4. The number of nitrogens with one attached hydrogen (secondary N) is 1. The van der Waals surface area contributed by atoms with Crippen LogP contribution in [0.4, 0.5) is 0 Å². The monoisotopic (exact) mass is 437 g/mol. The number of aryl methyl sites for hydroxylation is 2. The van der Waals surface area contributed by atoms with Gasteiger partial charge in [-0.15, -0.1) is 10.2 Å². The summed E-state index contributed by atoms with van der Waals surface area (Å²) in [7, 11) is 0. The summed E-state index contributed by atoms with van der Waals surface area (Å²) in [6.45, 7) is 5.21. The molecule has 0 spiro atoms. The molecule has 0 atom stereocenters. The average Bonchev–Trinajstić information content (AvgIpc) is 3.47. The number of amides is 1. The Balaban J connectivity index is 1.29. The summed E-state index contributed by atoms with van der Waals surface area (Å²) < 4.78 is 7.97. The topological polar surface area (TPSA) is 85.8 Å². The highest BCUT2D eigenvalue weighted by Crippen LogP contribution is 2.26. The molecule has 0 unspecified atom stereocenters. The van der Waals surface area contributed by atoms with Gasteiger partial charge in [-0.1, -0.05) is 30.3 Å². The summed E-state index contributed by atoms with van der Waals surface area (Å²) in [6.07, 6.45) is 0. The fourth-order valence-electron chi connectivity index (χ4n) is 3.90. The molecule has 5 rings (SSSR count). The third-order valence-corrected chi connectivity index (χ3v) is 5.65. The molecule has 0 fully saturated rings. The zero-order valence-corrected chi connectivity index (χ0v) is 18.4. The normalized spacial score (nSPS) is 11.1. The lowest BCUT2D eigenvalue weighted by molar-refractivity contribution is 0.0949. The van der Waals surface area contributed by atoms with Gasteiger partial charge in [0.05, 0.1) is 17.6 Å². The Hall–Kier alpha value is -4.26. The fraction of sp³-hybridized carbons (Fsp3) is 0.154. The first kappa shape index (κ1) is 20.6. The van der Waals surface area contributed by atoms with E-state index >= 15 is 0 Å². The molecule has 0 bridgehead atoms. The third-order valence-electron chi connectivity index (χ3n) is 5.65. The van der Waals surface area contributed by atoms with Crippen LogP contribution in [0.1, 0.15) is 28.7 Å². The molecular weight excluding hydrogens is 414 g/mol. The number of rotatable bonds is 6. The second-order valence-corrected chi connectivity index (χ2v) is 7.75. The van der Waals surface area contributed by atoms with Gasteiger partial charge in [-0.3, -0.25) is 4.79 Å². The summed E-state index contributed by atoms with van der Waals surface area (Å²) in [4.78, 5) is 17.4. The summed E-state index contributed by atoms with van der Waals surface area (Å²) in [5.74, 6) is 1.56. The maximum Gasteiger partial charge on any atom is 0.251 e. The number of carbonyl (C=O) groups is 1. The predicted octanol–water partition coefficient (Wildman–Crippen LogP) is 5.01. The van der Waals surface area contributed by atoms with Gasteiger partial charge in [0, 0.05) is 23.2 Å². The molecule has 0 saturated heterocycles. The van der Waals surface area contributed by atoms with E-state index in [1.54, 1.807) is 12.1 Å². The number of benzene rings is 3. The SMILES string of the molecule is CCn1c(CNC(=O)c2ccc(-c3nnc(-c4ccccc4C)o3)cc2)nc2ccccc21. The lowest BCUT2D eigenvalue weighted by atomic mass is 10.1. The van der Waals surface area contributed by atoms with Crippen molar-refractivity contribution in [1.29, 1.82) is 0 Å². The molecule has 1 amide bonds. The first-order valence-corrected chi connectivity index (χ1v) is 10.9. The zero-order chi connectivity index (χ0) is 22.8. The van der Waals surface area contributed by atoms with Gasteiger partial charge in [-0.25, -0.2) is 4.98 Å². The smallest absolute Gasteiger partial charge is 0.251 e. The average molecular weight is 438 g/mol. The molecule has 164 valence electrons. The molecular formula is C26H23N5O2. The lowest BCUT2D eigenvalue weighted by Crippen LogP contribution is -2.24. The minimum atomic E-state index is -0.164. The van der Waals surface area contributed by atoms with E-state index in [0.717, 1.165) is 40.1 Å². The molecule has 0 saturated carbocycles. The number of nitrogens with zero attached hydrogens (tertiary/aromatic N) is 4. The van der Waals surface area contributed by atoms with Gasteiger partial charge in [0.1, 0.15) is 5.82 Å². The van der Waals surface area contributed by atoms with Gasteiger partial charge < -0.3 is 14.3 Å². The minimum absolute atomic E-state index is 0.164. The Bertz CT molecular complexity index is 1430. The van der Waals surface area contributed by atoms with Crippen molar-refractivity contribution < 1.29 is 9.21 Å². The van der Waals surface area contributed by atoms with Crippen LogP contribution in [0.5, 0.6) is 0 Å². The Morgan fingerprint density at radius 1 is 0.939 bits per heavy atom. The summed E-state index contributed by atoms with van der Waals surface area (Å²) in [5, 5.41) is 11.3. The van der Waals surface area contributed by atoms with Gasteiger partial charge in [-0.05, 0) is 61.9 Å². The molecule has 2 aromatic heterocycles. The van der Waals surface area contributed by atoms with Crippen LogP contribution in [0.15, 0.2) is 77.2 Å². The molecule has 2 heterocycles. The van der Waals surface area contributed by atoms with Crippen molar-refractivity contribution in [3.05, 3.63) is 89.7 Å². The number of fused-ring (bicyclic) bond motifs is 1. The van der Waals surface area contributed by atoms with E-state index in [0.29, 0.717) is 23.9 Å². The second kappa shape index (κ2) is 8.70. The van der Waals surface area contributed by atoms with Crippen LogP contribution in [-0.4, -0.2) is 25.7 Å². The van der Waals surface area contributed by atoms with Gasteiger partial charge in [0.25, 0.3) is 5.91 Å². The molecule has 1 N–H and O–H groups in total. The molecule has 7 heteroatoms. The molecule has 0 radical (unpaired) electrons. The Morgan fingerprint density at radius 2 is 1.67 bits per heavy atom. The van der Waals surface area contributed by atoms with E-state index in [-0.39, 0.29) is 5.91 Å². The van der Waals surface area contributed by atoms with Crippen molar-refractivity contribution in [1.82, 2.24) is 25.1 Å². The van der Waals surface area contributed by atoms with E-state index in [1.165, 1.54) is 0 Å². The molecule has 0 aliphatic rings. The Labute approximate surface area is 191 Å². The number of para-hydroxylation sites is 2. The molecule has 7 nitrogen and oxygen atoms in total. The van der Waals surface area contributed by atoms with Crippen LogP contribution in [0.25, 0.3) is 33.9 Å². The van der Waals surface area contributed by atoms with Gasteiger partial charge in [-0.2, -0.15) is 0 Å². The van der Waals surface area contributed by atoms with Crippen molar-refractivity contribution in [2.75, 3.05) is 0 Å². The van der Waals surface area contributed by atoms with Crippen molar-refractivity contribution in [3.8, 4) is 22.9 Å². The highest BCUT2D eigenvalue weighted by Gasteiger charge is 2.14. The Kier molecular flexibility index (Phi) is 5.44. The first-order chi connectivity index (χ1) is 16.1. The number of hydrogen-bond donors (Lipinski definition) is 1. The number of aromatic nitrogens is 4. The summed E-state index contributed by atoms with van der Waals surface area (Å²) in [5.41, 5.74) is 5.28. The van der Waals surface area contributed by atoms with Crippen molar-refractivity contribution in [2.45, 2.75) is 26.9 Å². The third kappa shape index (κ3) is 4.01. The number of hydrogen-bond acceptors (Lipinski definition) is 5. The fourth-order valence-corrected chi connectivity index (χ4v) is 3.90. The minimum Gasteiger partial charge on any atom is -0.416 e. The lowest BCUT2D eigenvalue weighted by Gasteiger charge is -2.08. The van der Waals surface area contributed by atoms with E-state index < -0.39 is 0 Å². The van der Waals surface area contributed by atoms with Crippen LogP contribution in [-0.2, 0) is 13.1 Å². The highest BCUT2D eigenvalue weighted by molar-refractivity contribution is 5.94. The number of imidazole rings is 1. The van der Waals surface area contributed by atoms with Crippen LogP contribution < -0.4 is 5.32 Å². The largest absolute Gasteiger partial charge is 0.416 e. The highest BCUT2D eigenvalue weighted by atomic mass is 16.4. The van der Waals surface area contributed by atoms with E-state index in [4.69, 9.17) is 4.42 Å².